The van der Waals surface area contributed by atoms with Gasteiger partial charge in [-0.3, -0.25) is 9.89 Å². The lowest BCUT2D eigenvalue weighted by molar-refractivity contribution is -0.115. The lowest BCUT2D eigenvalue weighted by atomic mass is 10.2. The van der Waals surface area contributed by atoms with Crippen molar-refractivity contribution < 1.29 is 9.18 Å². The highest BCUT2D eigenvalue weighted by Gasteiger charge is 2.19. The SMILES string of the molecule is C[C@H](Sc1n[nH]c(-c2ccccc2F)n1)C(=O)Nc1ccccc1C#N. The van der Waals surface area contributed by atoms with E-state index in [0.717, 1.165) is 11.8 Å². The van der Waals surface area contributed by atoms with Crippen LogP contribution in [0, 0.1) is 17.1 Å². The van der Waals surface area contributed by atoms with E-state index in [-0.39, 0.29) is 5.91 Å². The number of rotatable bonds is 5. The van der Waals surface area contributed by atoms with Gasteiger partial charge in [0.25, 0.3) is 0 Å². The first-order valence-corrected chi connectivity index (χ1v) is 8.60. The molecule has 8 heteroatoms. The normalized spacial score (nSPS) is 11.6. The molecule has 0 spiro atoms. The Kier molecular flexibility index (Phi) is 5.29. The Morgan fingerprint density at radius 2 is 2.00 bits per heavy atom. The molecule has 0 aliphatic rings. The smallest absolute Gasteiger partial charge is 0.237 e. The Morgan fingerprint density at radius 1 is 1.27 bits per heavy atom. The van der Waals surface area contributed by atoms with E-state index in [1.165, 1.54) is 6.07 Å². The molecule has 0 aliphatic heterocycles. The van der Waals surface area contributed by atoms with Crippen molar-refractivity contribution in [3.63, 3.8) is 0 Å². The second-order valence-corrected chi connectivity index (χ2v) is 6.66. The zero-order valence-corrected chi connectivity index (χ0v) is 14.5. The third kappa shape index (κ3) is 3.90. The molecule has 6 nitrogen and oxygen atoms in total. The Balaban J connectivity index is 1.69. The molecular weight excluding hydrogens is 353 g/mol. The number of nitriles is 1. The fourth-order valence-electron chi connectivity index (χ4n) is 2.21. The van der Waals surface area contributed by atoms with Crippen LogP contribution in [0.15, 0.2) is 53.7 Å². The van der Waals surface area contributed by atoms with Gasteiger partial charge in [-0.05, 0) is 31.2 Å². The van der Waals surface area contributed by atoms with Crippen LogP contribution in [-0.4, -0.2) is 26.3 Å². The maximum Gasteiger partial charge on any atom is 0.237 e. The van der Waals surface area contributed by atoms with E-state index in [1.807, 2.05) is 6.07 Å². The number of H-pyrrole nitrogens is 1. The Hall–Kier alpha value is -3.18. The van der Waals surface area contributed by atoms with Crippen LogP contribution >= 0.6 is 11.8 Å². The summed E-state index contributed by atoms with van der Waals surface area (Å²) in [5, 5.41) is 18.3. The van der Waals surface area contributed by atoms with Crippen LogP contribution in [0.4, 0.5) is 10.1 Å². The van der Waals surface area contributed by atoms with Crippen LogP contribution in [-0.2, 0) is 4.79 Å². The number of benzene rings is 2. The molecule has 0 unspecified atom stereocenters. The van der Waals surface area contributed by atoms with Crippen LogP contribution in [0.2, 0.25) is 0 Å². The second kappa shape index (κ2) is 7.80. The lowest BCUT2D eigenvalue weighted by Crippen LogP contribution is -2.23. The minimum atomic E-state index is -0.508. The summed E-state index contributed by atoms with van der Waals surface area (Å²) < 4.78 is 13.8. The minimum absolute atomic E-state index is 0.282. The number of thioether (sulfide) groups is 1. The van der Waals surface area contributed by atoms with Gasteiger partial charge in [0.15, 0.2) is 5.82 Å². The summed E-state index contributed by atoms with van der Waals surface area (Å²) in [5.41, 5.74) is 1.15. The Bertz CT molecular complexity index is 981. The van der Waals surface area contributed by atoms with Gasteiger partial charge in [0.2, 0.25) is 11.1 Å². The summed E-state index contributed by atoms with van der Waals surface area (Å²) in [6.07, 6.45) is 0. The van der Waals surface area contributed by atoms with Gasteiger partial charge >= 0.3 is 0 Å². The quantitative estimate of drug-likeness (QED) is 0.672. The number of carbonyl (C=O) groups is 1. The van der Waals surface area contributed by atoms with Crippen LogP contribution < -0.4 is 5.32 Å². The monoisotopic (exact) mass is 367 g/mol. The summed E-state index contributed by atoms with van der Waals surface area (Å²) in [5.74, 6) is -0.387. The molecule has 26 heavy (non-hydrogen) atoms. The molecule has 0 radical (unpaired) electrons. The average molecular weight is 367 g/mol. The molecular formula is C18H14FN5OS. The number of anilines is 1. The summed E-state index contributed by atoms with van der Waals surface area (Å²) in [4.78, 5) is 16.6. The van der Waals surface area contributed by atoms with Crippen molar-refractivity contribution >= 4 is 23.4 Å². The molecule has 1 aromatic heterocycles. The molecule has 0 saturated heterocycles. The van der Waals surface area contributed by atoms with E-state index in [1.54, 1.807) is 49.4 Å². The predicted molar refractivity (Wildman–Crippen MR) is 96.9 cm³/mol. The number of para-hydroxylation sites is 1. The highest BCUT2D eigenvalue weighted by atomic mass is 32.2. The van der Waals surface area contributed by atoms with Crippen LogP contribution in [0.25, 0.3) is 11.4 Å². The zero-order chi connectivity index (χ0) is 18.5. The van der Waals surface area contributed by atoms with Gasteiger partial charge in [-0.1, -0.05) is 36.0 Å². The first-order valence-electron chi connectivity index (χ1n) is 7.72. The standard InChI is InChI=1S/C18H14FN5OS/c1-11(17(25)21-15-9-5-2-6-12(15)10-20)26-18-22-16(23-24-18)13-7-3-4-8-14(13)19/h2-9,11H,1H3,(H,21,25)(H,22,23,24)/t11-/m0/s1. The molecule has 2 aromatic carbocycles. The average Bonchev–Trinajstić information content (AvgIpc) is 3.10. The topological polar surface area (TPSA) is 94.5 Å². The van der Waals surface area contributed by atoms with Crippen molar-refractivity contribution in [2.75, 3.05) is 5.32 Å². The first kappa shape index (κ1) is 17.6. The van der Waals surface area contributed by atoms with Crippen molar-refractivity contribution in [2.24, 2.45) is 0 Å². The number of aromatic nitrogens is 3. The van der Waals surface area contributed by atoms with E-state index in [0.29, 0.717) is 27.8 Å². The summed E-state index contributed by atoms with van der Waals surface area (Å²) in [6, 6.07) is 15.0. The number of halogens is 1. The molecule has 0 saturated carbocycles. The van der Waals surface area contributed by atoms with Crippen molar-refractivity contribution in [1.82, 2.24) is 15.2 Å². The molecule has 2 N–H and O–H groups in total. The fraction of sp³-hybridized carbons (Fsp3) is 0.111. The molecule has 1 heterocycles. The minimum Gasteiger partial charge on any atom is -0.324 e. The van der Waals surface area contributed by atoms with Gasteiger partial charge in [0.05, 0.1) is 22.1 Å². The number of carbonyl (C=O) groups excluding carboxylic acids is 1. The Morgan fingerprint density at radius 3 is 2.77 bits per heavy atom. The van der Waals surface area contributed by atoms with Crippen LogP contribution in [0.3, 0.4) is 0 Å². The van der Waals surface area contributed by atoms with Crippen molar-refractivity contribution in [3.8, 4) is 17.5 Å². The van der Waals surface area contributed by atoms with E-state index in [4.69, 9.17) is 5.26 Å². The fourth-order valence-corrected chi connectivity index (χ4v) is 2.93. The molecule has 3 rings (SSSR count). The van der Waals surface area contributed by atoms with E-state index in [9.17, 15) is 9.18 Å². The largest absolute Gasteiger partial charge is 0.324 e. The van der Waals surface area contributed by atoms with E-state index in [2.05, 4.69) is 20.5 Å². The highest BCUT2D eigenvalue weighted by Crippen LogP contribution is 2.25. The number of hydrogen-bond acceptors (Lipinski definition) is 5. The zero-order valence-electron chi connectivity index (χ0n) is 13.7. The molecule has 130 valence electrons. The number of aromatic amines is 1. The second-order valence-electron chi connectivity index (χ2n) is 5.35. The summed E-state index contributed by atoms with van der Waals surface area (Å²) in [6.45, 7) is 1.70. The molecule has 3 aromatic rings. The molecule has 0 fully saturated rings. The lowest BCUT2D eigenvalue weighted by Gasteiger charge is -2.11. The number of hydrogen-bond donors (Lipinski definition) is 2. The molecule has 0 aliphatic carbocycles. The molecule has 1 atom stereocenters. The highest BCUT2D eigenvalue weighted by molar-refractivity contribution is 8.00. The number of amides is 1. The third-order valence-electron chi connectivity index (χ3n) is 3.55. The predicted octanol–water partition coefficient (Wildman–Crippen LogP) is 3.60. The summed E-state index contributed by atoms with van der Waals surface area (Å²) in [7, 11) is 0. The number of nitrogens with zero attached hydrogens (tertiary/aromatic N) is 3. The van der Waals surface area contributed by atoms with Gasteiger partial charge in [0, 0.05) is 0 Å². The molecule has 1 amide bonds. The van der Waals surface area contributed by atoms with Gasteiger partial charge in [-0.15, -0.1) is 5.10 Å². The van der Waals surface area contributed by atoms with Crippen molar-refractivity contribution in [2.45, 2.75) is 17.3 Å². The van der Waals surface area contributed by atoms with Gasteiger partial charge in [-0.2, -0.15) is 5.26 Å². The Labute approximate surface area is 153 Å². The van der Waals surface area contributed by atoms with Crippen LogP contribution in [0.5, 0.6) is 0 Å². The van der Waals surface area contributed by atoms with E-state index >= 15 is 0 Å². The molecule has 0 bridgehead atoms. The van der Waals surface area contributed by atoms with Gasteiger partial charge in [0.1, 0.15) is 11.9 Å². The van der Waals surface area contributed by atoms with Gasteiger partial charge in [-0.25, -0.2) is 9.37 Å². The first-order chi connectivity index (χ1) is 12.6. The number of nitrogens with one attached hydrogen (secondary N) is 2. The third-order valence-corrected chi connectivity index (χ3v) is 4.51. The summed E-state index contributed by atoms with van der Waals surface area (Å²) >= 11 is 1.13. The maximum atomic E-state index is 13.8. The van der Waals surface area contributed by atoms with Crippen LogP contribution in [0.1, 0.15) is 12.5 Å². The van der Waals surface area contributed by atoms with Gasteiger partial charge < -0.3 is 5.32 Å². The maximum absolute atomic E-state index is 13.8. The van der Waals surface area contributed by atoms with Crippen molar-refractivity contribution in [1.29, 1.82) is 5.26 Å². The van der Waals surface area contributed by atoms with E-state index < -0.39 is 11.1 Å². The van der Waals surface area contributed by atoms with Crippen molar-refractivity contribution in [3.05, 3.63) is 59.9 Å².